The summed E-state index contributed by atoms with van der Waals surface area (Å²) < 4.78 is 5.31. The highest BCUT2D eigenvalue weighted by molar-refractivity contribution is 5.49. The summed E-state index contributed by atoms with van der Waals surface area (Å²) in [6.45, 7) is 6.51. The zero-order chi connectivity index (χ0) is 10.7. The number of aryl methyl sites for hydroxylation is 2. The van der Waals surface area contributed by atoms with E-state index in [-0.39, 0.29) is 0 Å². The average molecular weight is 195 g/mol. The fourth-order valence-corrected chi connectivity index (χ4v) is 1.87. The molecule has 0 aliphatic heterocycles. The first-order valence-corrected chi connectivity index (χ1v) is 4.62. The Balaban J connectivity index is 3.28. The third-order valence-electron chi connectivity index (χ3n) is 2.52. The van der Waals surface area contributed by atoms with Gasteiger partial charge in [-0.2, -0.15) is 0 Å². The summed E-state index contributed by atoms with van der Waals surface area (Å²) in [6.07, 6.45) is 0. The summed E-state index contributed by atoms with van der Waals surface area (Å²) in [4.78, 5) is 0. The monoisotopic (exact) mass is 195 g/mol. The molecule has 0 heterocycles. The van der Waals surface area contributed by atoms with Crippen LogP contribution in [-0.2, 0) is 6.54 Å². The van der Waals surface area contributed by atoms with Gasteiger partial charge in [0.15, 0.2) is 0 Å². The molecule has 3 nitrogen and oxygen atoms in total. The van der Waals surface area contributed by atoms with Crippen molar-refractivity contribution < 1.29 is 9.94 Å². The van der Waals surface area contributed by atoms with Crippen LogP contribution in [0.3, 0.4) is 0 Å². The summed E-state index contributed by atoms with van der Waals surface area (Å²) in [5, 5.41) is 8.71. The lowest BCUT2D eigenvalue weighted by molar-refractivity contribution is 0.160. The van der Waals surface area contributed by atoms with Crippen molar-refractivity contribution in [1.29, 1.82) is 0 Å². The number of rotatable bonds is 3. The lowest BCUT2D eigenvalue weighted by atomic mass is 9.98. The maximum absolute atomic E-state index is 8.71. The van der Waals surface area contributed by atoms with Crippen LogP contribution < -0.4 is 10.2 Å². The second-order valence-corrected chi connectivity index (χ2v) is 3.48. The molecule has 0 fully saturated rings. The van der Waals surface area contributed by atoms with Gasteiger partial charge in [0, 0.05) is 6.54 Å². The SMILES string of the molecule is COc1c(C)cc(C)c(CNO)c1C. The van der Waals surface area contributed by atoms with Gasteiger partial charge in [0.2, 0.25) is 0 Å². The second-order valence-electron chi connectivity index (χ2n) is 3.48. The van der Waals surface area contributed by atoms with Gasteiger partial charge in [-0.3, -0.25) is 0 Å². The van der Waals surface area contributed by atoms with E-state index in [9.17, 15) is 0 Å². The molecule has 0 spiro atoms. The molecule has 2 N–H and O–H groups in total. The van der Waals surface area contributed by atoms with E-state index < -0.39 is 0 Å². The summed E-state index contributed by atoms with van der Waals surface area (Å²) in [5.74, 6) is 0.904. The summed E-state index contributed by atoms with van der Waals surface area (Å²) in [5.41, 5.74) is 6.66. The zero-order valence-corrected chi connectivity index (χ0v) is 9.14. The second kappa shape index (κ2) is 4.44. The molecule has 0 unspecified atom stereocenters. The lowest BCUT2D eigenvalue weighted by Gasteiger charge is -2.15. The smallest absolute Gasteiger partial charge is 0.125 e. The number of methoxy groups -OCH3 is 1. The Morgan fingerprint density at radius 1 is 1.29 bits per heavy atom. The van der Waals surface area contributed by atoms with E-state index in [0.29, 0.717) is 6.54 Å². The van der Waals surface area contributed by atoms with Gasteiger partial charge in [-0.25, -0.2) is 5.48 Å². The quantitative estimate of drug-likeness (QED) is 0.726. The highest BCUT2D eigenvalue weighted by Crippen LogP contribution is 2.28. The third-order valence-corrected chi connectivity index (χ3v) is 2.52. The first-order valence-electron chi connectivity index (χ1n) is 4.62. The van der Waals surface area contributed by atoms with Gasteiger partial charge in [0.1, 0.15) is 5.75 Å². The molecule has 0 saturated heterocycles. The van der Waals surface area contributed by atoms with Gasteiger partial charge in [-0.05, 0) is 43.0 Å². The Morgan fingerprint density at radius 2 is 1.93 bits per heavy atom. The van der Waals surface area contributed by atoms with Gasteiger partial charge in [0.05, 0.1) is 7.11 Å². The molecule has 1 rings (SSSR count). The predicted octanol–water partition coefficient (Wildman–Crippen LogP) is 2.10. The molecule has 0 bridgehead atoms. The molecule has 3 heteroatoms. The summed E-state index contributed by atoms with van der Waals surface area (Å²) in [7, 11) is 1.67. The highest BCUT2D eigenvalue weighted by atomic mass is 16.5. The number of nitrogens with one attached hydrogen (secondary N) is 1. The van der Waals surface area contributed by atoms with E-state index in [2.05, 4.69) is 11.5 Å². The van der Waals surface area contributed by atoms with Crippen LogP contribution in [0.4, 0.5) is 0 Å². The fraction of sp³-hybridized carbons (Fsp3) is 0.455. The molecule has 0 aliphatic rings. The topological polar surface area (TPSA) is 41.5 Å². The zero-order valence-electron chi connectivity index (χ0n) is 9.14. The van der Waals surface area contributed by atoms with Crippen LogP contribution in [0.5, 0.6) is 5.75 Å². The molecule has 78 valence electrons. The van der Waals surface area contributed by atoms with Crippen molar-refractivity contribution in [1.82, 2.24) is 5.48 Å². The number of hydroxylamine groups is 1. The molecular formula is C11H17NO2. The van der Waals surface area contributed by atoms with Gasteiger partial charge >= 0.3 is 0 Å². The first kappa shape index (κ1) is 11.0. The lowest BCUT2D eigenvalue weighted by Crippen LogP contribution is -2.10. The van der Waals surface area contributed by atoms with Crippen molar-refractivity contribution in [3.05, 3.63) is 28.3 Å². The van der Waals surface area contributed by atoms with Crippen molar-refractivity contribution >= 4 is 0 Å². The van der Waals surface area contributed by atoms with E-state index in [1.54, 1.807) is 7.11 Å². The molecule has 14 heavy (non-hydrogen) atoms. The molecule has 0 aliphatic carbocycles. The molecule has 0 saturated carbocycles. The van der Waals surface area contributed by atoms with Crippen LogP contribution in [-0.4, -0.2) is 12.3 Å². The van der Waals surface area contributed by atoms with Crippen LogP contribution in [0.15, 0.2) is 6.07 Å². The van der Waals surface area contributed by atoms with Crippen molar-refractivity contribution in [3.63, 3.8) is 0 Å². The largest absolute Gasteiger partial charge is 0.496 e. The summed E-state index contributed by atoms with van der Waals surface area (Å²) >= 11 is 0. The minimum absolute atomic E-state index is 0.453. The summed E-state index contributed by atoms with van der Waals surface area (Å²) in [6, 6.07) is 2.07. The minimum atomic E-state index is 0.453. The number of benzene rings is 1. The average Bonchev–Trinajstić information content (AvgIpc) is 2.12. The molecule has 1 aromatic carbocycles. The Kier molecular flexibility index (Phi) is 3.49. The maximum Gasteiger partial charge on any atom is 0.125 e. The van der Waals surface area contributed by atoms with E-state index >= 15 is 0 Å². The van der Waals surface area contributed by atoms with E-state index in [1.165, 1.54) is 5.56 Å². The van der Waals surface area contributed by atoms with Crippen molar-refractivity contribution in [2.24, 2.45) is 0 Å². The molecule has 1 aromatic rings. The highest BCUT2D eigenvalue weighted by Gasteiger charge is 2.10. The van der Waals surface area contributed by atoms with E-state index in [1.807, 2.05) is 20.8 Å². The minimum Gasteiger partial charge on any atom is -0.496 e. The molecule has 0 aromatic heterocycles. The predicted molar refractivity (Wildman–Crippen MR) is 55.8 cm³/mol. The standard InChI is InChI=1S/C11H17NO2/c1-7-5-8(2)11(14-4)9(3)10(7)6-12-13/h5,12-13H,6H2,1-4H3. The van der Waals surface area contributed by atoms with Crippen LogP contribution in [0.1, 0.15) is 22.3 Å². The molecule has 0 atom stereocenters. The van der Waals surface area contributed by atoms with Gasteiger partial charge in [-0.15, -0.1) is 0 Å². The van der Waals surface area contributed by atoms with Crippen LogP contribution >= 0.6 is 0 Å². The molecule has 0 radical (unpaired) electrons. The van der Waals surface area contributed by atoms with E-state index in [4.69, 9.17) is 9.94 Å². The van der Waals surface area contributed by atoms with Crippen LogP contribution in [0.2, 0.25) is 0 Å². The van der Waals surface area contributed by atoms with Crippen molar-refractivity contribution in [2.45, 2.75) is 27.3 Å². The Bertz CT molecular complexity index is 335. The van der Waals surface area contributed by atoms with Crippen LogP contribution in [0.25, 0.3) is 0 Å². The Labute approximate surface area is 84.7 Å². The van der Waals surface area contributed by atoms with Gasteiger partial charge in [0.25, 0.3) is 0 Å². The maximum atomic E-state index is 8.71. The van der Waals surface area contributed by atoms with Gasteiger partial charge < -0.3 is 9.94 Å². The van der Waals surface area contributed by atoms with E-state index in [0.717, 1.165) is 22.4 Å². The number of hydrogen-bond acceptors (Lipinski definition) is 3. The van der Waals surface area contributed by atoms with Crippen molar-refractivity contribution in [3.8, 4) is 5.75 Å². The van der Waals surface area contributed by atoms with Gasteiger partial charge in [-0.1, -0.05) is 6.07 Å². The first-order chi connectivity index (χ1) is 6.61. The van der Waals surface area contributed by atoms with Crippen molar-refractivity contribution in [2.75, 3.05) is 7.11 Å². The Hall–Kier alpha value is -1.06. The number of hydrogen-bond donors (Lipinski definition) is 2. The Morgan fingerprint density at radius 3 is 2.43 bits per heavy atom. The fourth-order valence-electron chi connectivity index (χ4n) is 1.87. The van der Waals surface area contributed by atoms with Crippen LogP contribution in [0, 0.1) is 20.8 Å². The normalized spacial score (nSPS) is 10.4. The third kappa shape index (κ3) is 1.89. The molecular weight excluding hydrogens is 178 g/mol. The molecule has 0 amide bonds. The number of ether oxygens (including phenoxy) is 1.